The number of phenols is 1. The summed E-state index contributed by atoms with van der Waals surface area (Å²) in [5, 5.41) is 26.6. The van der Waals surface area contributed by atoms with Crippen LogP contribution in [0.25, 0.3) is 0 Å². The molecule has 3 rings (SSSR count). The third-order valence-corrected chi connectivity index (χ3v) is 4.54. The second-order valence-corrected chi connectivity index (χ2v) is 7.45. The molecular formula is C21H26N2O5. The number of methoxy groups -OCH3 is 1. The molecule has 0 unspecified atom stereocenters. The highest BCUT2D eigenvalue weighted by molar-refractivity contribution is 5.96. The van der Waals surface area contributed by atoms with Crippen LogP contribution in [0.15, 0.2) is 36.4 Å². The Morgan fingerprint density at radius 2 is 2.11 bits per heavy atom. The molecular weight excluding hydrogens is 360 g/mol. The Kier molecular flexibility index (Phi) is 4.68. The van der Waals surface area contributed by atoms with Gasteiger partial charge in [-0.1, -0.05) is 12.1 Å². The Morgan fingerprint density at radius 3 is 2.82 bits per heavy atom. The molecule has 150 valence electrons. The summed E-state index contributed by atoms with van der Waals surface area (Å²) in [5.41, 5.74) is 1.26. The fourth-order valence-corrected chi connectivity index (χ4v) is 3.19. The Labute approximate surface area is 168 Å². The van der Waals surface area contributed by atoms with E-state index in [1.807, 2.05) is 13.8 Å². The third-order valence-electron chi connectivity index (χ3n) is 4.54. The van der Waals surface area contributed by atoms with Gasteiger partial charge in [-0.25, -0.2) is 0 Å². The van der Waals surface area contributed by atoms with Gasteiger partial charge in [-0.2, -0.15) is 0 Å². The normalized spacial score (nSPS) is 16.7. The summed E-state index contributed by atoms with van der Waals surface area (Å²) < 4.78 is 31.8. The number of hydrogen-bond donors (Lipinski definition) is 4. The summed E-state index contributed by atoms with van der Waals surface area (Å²) in [4.78, 5) is 11.5. The molecule has 0 aromatic heterocycles. The number of fused-ring (bicyclic) bond motifs is 1. The van der Waals surface area contributed by atoms with E-state index >= 15 is 0 Å². The molecule has 2 aromatic rings. The van der Waals surface area contributed by atoms with Crippen molar-refractivity contribution in [1.29, 1.82) is 0 Å². The van der Waals surface area contributed by atoms with Crippen LogP contribution >= 0.6 is 0 Å². The van der Waals surface area contributed by atoms with Crippen molar-refractivity contribution in [2.24, 2.45) is 0 Å². The number of benzene rings is 2. The van der Waals surface area contributed by atoms with Crippen molar-refractivity contribution in [1.82, 2.24) is 5.32 Å². The molecule has 7 nitrogen and oxygen atoms in total. The highest BCUT2D eigenvalue weighted by atomic mass is 16.5. The molecule has 1 amide bonds. The summed E-state index contributed by atoms with van der Waals surface area (Å²) in [7, 11) is -2.49. The molecule has 0 spiro atoms. The van der Waals surface area contributed by atoms with E-state index in [2.05, 4.69) is 10.6 Å². The predicted octanol–water partition coefficient (Wildman–Crippen LogP) is 2.38. The summed E-state index contributed by atoms with van der Waals surface area (Å²) in [5.74, 6) is 0.199. The first-order valence-corrected chi connectivity index (χ1v) is 8.92. The van der Waals surface area contributed by atoms with Gasteiger partial charge < -0.3 is 30.3 Å². The van der Waals surface area contributed by atoms with Crippen molar-refractivity contribution < 1.29 is 28.6 Å². The molecule has 0 bridgehead atoms. The maximum absolute atomic E-state index is 11.5. The standard InChI is InChI=1S/C21H26N2O5/c1-21(2,10-13-4-6-15(27-3)7-5-13)22-11-18(25)16-8-14(24)9-17-20(16)28-12-19(26)23-17/h4-9,18,22,24-25H,10-12H2,1-3H3,(H,23,26)/t18-/m0/s1/i3D3. The van der Waals surface area contributed by atoms with E-state index in [1.54, 1.807) is 24.3 Å². The number of anilines is 1. The minimum atomic E-state index is -2.49. The first-order valence-electron chi connectivity index (χ1n) is 10.4. The van der Waals surface area contributed by atoms with Crippen molar-refractivity contribution in [3.05, 3.63) is 47.5 Å². The molecule has 0 fully saturated rings. The molecule has 1 aliphatic rings. The first kappa shape index (κ1) is 16.2. The van der Waals surface area contributed by atoms with Crippen LogP contribution < -0.4 is 20.1 Å². The molecule has 1 aliphatic heterocycles. The smallest absolute Gasteiger partial charge is 0.262 e. The lowest BCUT2D eigenvalue weighted by atomic mass is 9.94. The van der Waals surface area contributed by atoms with E-state index in [0.717, 1.165) is 5.56 Å². The quantitative estimate of drug-likeness (QED) is 0.580. The largest absolute Gasteiger partial charge is 0.508 e. The number of β-amino-alcohol motifs (C(OH)–C–C–N with tert-alkyl or cyclic N) is 1. The number of aliphatic hydroxyl groups excluding tert-OH is 1. The molecule has 4 N–H and O–H groups in total. The van der Waals surface area contributed by atoms with Crippen LogP contribution in [0.3, 0.4) is 0 Å². The minimum absolute atomic E-state index is 0.0859. The number of carbonyl (C=O) groups is 1. The van der Waals surface area contributed by atoms with Gasteiger partial charge in [-0.05, 0) is 44.0 Å². The Hall–Kier alpha value is -2.77. The van der Waals surface area contributed by atoms with Crippen LogP contribution in [-0.4, -0.2) is 41.8 Å². The third kappa shape index (κ3) is 4.74. The number of aliphatic hydroxyl groups is 1. The lowest BCUT2D eigenvalue weighted by Gasteiger charge is -2.29. The van der Waals surface area contributed by atoms with Gasteiger partial charge in [0.05, 0.1) is 22.9 Å². The van der Waals surface area contributed by atoms with Gasteiger partial charge >= 0.3 is 0 Å². The van der Waals surface area contributed by atoms with Gasteiger partial charge in [0, 0.05) is 23.7 Å². The molecule has 28 heavy (non-hydrogen) atoms. The van der Waals surface area contributed by atoms with Crippen LogP contribution in [0.4, 0.5) is 5.69 Å². The predicted molar refractivity (Wildman–Crippen MR) is 106 cm³/mol. The lowest BCUT2D eigenvalue weighted by Crippen LogP contribution is -2.43. The topological polar surface area (TPSA) is 100 Å². The summed E-state index contributed by atoms with van der Waals surface area (Å²) in [6.45, 7) is 3.97. The zero-order valence-electron chi connectivity index (χ0n) is 18.8. The number of phenolic OH excluding ortho intramolecular Hbond substituents is 1. The summed E-state index contributed by atoms with van der Waals surface area (Å²) >= 11 is 0. The summed E-state index contributed by atoms with van der Waals surface area (Å²) in [6, 6.07) is 9.60. The molecule has 0 saturated carbocycles. The maximum Gasteiger partial charge on any atom is 0.262 e. The molecule has 0 radical (unpaired) electrons. The molecule has 2 aromatic carbocycles. The van der Waals surface area contributed by atoms with Crippen molar-refractivity contribution in [2.75, 3.05) is 25.5 Å². The van der Waals surface area contributed by atoms with Crippen LogP contribution in [-0.2, 0) is 11.2 Å². The second kappa shape index (κ2) is 8.08. The SMILES string of the molecule is [2H]C([2H])([2H])Oc1ccc(CC(C)(C)NC[C@H](O)c2cc(O)cc3c2OCC(=O)N3)cc1. The Morgan fingerprint density at radius 1 is 1.36 bits per heavy atom. The zero-order chi connectivity index (χ0) is 22.8. The van der Waals surface area contributed by atoms with Crippen LogP contribution in [0.2, 0.25) is 0 Å². The number of nitrogens with one attached hydrogen (secondary N) is 2. The van der Waals surface area contributed by atoms with E-state index in [9.17, 15) is 15.0 Å². The molecule has 0 aliphatic carbocycles. The Balaban J connectivity index is 1.63. The first-order chi connectivity index (χ1) is 14.4. The number of ether oxygens (including phenoxy) is 2. The number of carbonyl (C=O) groups excluding carboxylic acids is 1. The van der Waals surface area contributed by atoms with E-state index in [4.69, 9.17) is 13.6 Å². The van der Waals surface area contributed by atoms with E-state index in [0.29, 0.717) is 23.4 Å². The molecule has 1 heterocycles. The lowest BCUT2D eigenvalue weighted by molar-refractivity contribution is -0.118. The van der Waals surface area contributed by atoms with E-state index in [1.165, 1.54) is 12.1 Å². The van der Waals surface area contributed by atoms with Crippen molar-refractivity contribution in [2.45, 2.75) is 31.9 Å². The maximum atomic E-state index is 11.5. The van der Waals surface area contributed by atoms with Crippen LogP contribution in [0.1, 0.15) is 35.2 Å². The Bertz CT molecular complexity index is 945. The fraction of sp³-hybridized carbons (Fsp3) is 0.381. The van der Waals surface area contributed by atoms with Crippen molar-refractivity contribution in [3.8, 4) is 17.2 Å². The van der Waals surface area contributed by atoms with Crippen LogP contribution in [0, 0.1) is 0 Å². The molecule has 0 saturated heterocycles. The molecule has 1 atom stereocenters. The highest BCUT2D eigenvalue weighted by Crippen LogP contribution is 2.38. The van der Waals surface area contributed by atoms with Gasteiger partial charge in [0.2, 0.25) is 0 Å². The highest BCUT2D eigenvalue weighted by Gasteiger charge is 2.26. The van der Waals surface area contributed by atoms with Gasteiger partial charge in [0.1, 0.15) is 17.2 Å². The average molecular weight is 389 g/mol. The number of aromatic hydroxyl groups is 1. The number of amides is 1. The van der Waals surface area contributed by atoms with E-state index < -0.39 is 18.7 Å². The molecule has 7 heteroatoms. The zero-order valence-corrected chi connectivity index (χ0v) is 15.8. The van der Waals surface area contributed by atoms with Crippen molar-refractivity contribution >= 4 is 11.6 Å². The summed E-state index contributed by atoms with van der Waals surface area (Å²) in [6.07, 6.45) is -0.372. The number of rotatable bonds is 7. The van der Waals surface area contributed by atoms with Gasteiger partial charge in [0.15, 0.2) is 6.61 Å². The number of hydrogen-bond acceptors (Lipinski definition) is 6. The van der Waals surface area contributed by atoms with Crippen molar-refractivity contribution in [3.63, 3.8) is 0 Å². The van der Waals surface area contributed by atoms with Gasteiger partial charge in [-0.15, -0.1) is 0 Å². The monoisotopic (exact) mass is 389 g/mol. The van der Waals surface area contributed by atoms with Gasteiger partial charge in [0.25, 0.3) is 5.91 Å². The second-order valence-electron chi connectivity index (χ2n) is 7.45. The van der Waals surface area contributed by atoms with E-state index in [-0.39, 0.29) is 30.6 Å². The van der Waals surface area contributed by atoms with Crippen LogP contribution in [0.5, 0.6) is 17.2 Å². The minimum Gasteiger partial charge on any atom is -0.508 e. The average Bonchev–Trinajstić information content (AvgIpc) is 2.65. The van der Waals surface area contributed by atoms with Gasteiger partial charge in [-0.3, -0.25) is 4.79 Å². The fourth-order valence-electron chi connectivity index (χ4n) is 3.19.